The molecule has 2 aliphatic heterocycles. The van der Waals surface area contributed by atoms with Crippen LogP contribution in [0.4, 0.5) is 4.39 Å². The third kappa shape index (κ3) is 4.98. The predicted molar refractivity (Wildman–Crippen MR) is 93.2 cm³/mol. The third-order valence-electron chi connectivity index (χ3n) is 4.53. The lowest BCUT2D eigenvalue weighted by Crippen LogP contribution is -2.47. The summed E-state index contributed by atoms with van der Waals surface area (Å²) in [5, 5.41) is 8.72. The van der Waals surface area contributed by atoms with Gasteiger partial charge in [0.1, 0.15) is 5.82 Å². The number of benzene rings is 1. The standard InChI is InChI=1S/C16H22FN3O3.C2H6/c1-19-4-5-23-13(9-19)10-20-3-2-14-12(8-20)6-11(7-15(14)17)16(21)18-22;1-2/h6-7,13,22H,2-5,8-10H2,1H3,(H,18,21);1-2H3. The van der Waals surface area contributed by atoms with E-state index in [1.807, 2.05) is 13.8 Å². The minimum absolute atomic E-state index is 0.138. The number of carbonyl (C=O) groups excluding carboxylic acids is 1. The molecule has 1 aromatic rings. The Bertz CT molecular complexity index is 597. The van der Waals surface area contributed by atoms with E-state index in [9.17, 15) is 9.18 Å². The Morgan fingerprint density at radius 3 is 2.84 bits per heavy atom. The van der Waals surface area contributed by atoms with Gasteiger partial charge in [-0.25, -0.2) is 9.87 Å². The summed E-state index contributed by atoms with van der Waals surface area (Å²) in [4.78, 5) is 16.0. The van der Waals surface area contributed by atoms with E-state index < -0.39 is 5.91 Å². The summed E-state index contributed by atoms with van der Waals surface area (Å²) in [6.07, 6.45) is 0.772. The normalized spacial score (nSPS) is 21.1. The number of hydrogen-bond donors (Lipinski definition) is 2. The number of amides is 1. The minimum Gasteiger partial charge on any atom is -0.374 e. The second kappa shape index (κ2) is 9.24. The van der Waals surface area contributed by atoms with Crippen LogP contribution < -0.4 is 5.48 Å². The molecule has 0 aromatic heterocycles. The van der Waals surface area contributed by atoms with E-state index in [0.717, 1.165) is 38.3 Å². The molecule has 1 fully saturated rings. The van der Waals surface area contributed by atoms with Crippen molar-refractivity contribution in [2.45, 2.75) is 32.9 Å². The van der Waals surface area contributed by atoms with Gasteiger partial charge < -0.3 is 9.64 Å². The number of likely N-dealkylation sites (N-methyl/N-ethyl adjacent to an activating group) is 1. The Morgan fingerprint density at radius 2 is 2.16 bits per heavy atom. The van der Waals surface area contributed by atoms with Crippen molar-refractivity contribution < 1.29 is 19.1 Å². The molecule has 0 saturated carbocycles. The summed E-state index contributed by atoms with van der Waals surface area (Å²) >= 11 is 0. The van der Waals surface area contributed by atoms with E-state index in [-0.39, 0.29) is 17.5 Å². The Kier molecular flexibility index (Phi) is 7.31. The molecule has 25 heavy (non-hydrogen) atoms. The van der Waals surface area contributed by atoms with Crippen molar-refractivity contribution in [3.63, 3.8) is 0 Å². The van der Waals surface area contributed by atoms with Crippen molar-refractivity contribution >= 4 is 5.91 Å². The van der Waals surface area contributed by atoms with Gasteiger partial charge in [-0.1, -0.05) is 13.8 Å². The average molecular weight is 353 g/mol. The number of hydroxylamine groups is 1. The highest BCUT2D eigenvalue weighted by Crippen LogP contribution is 2.24. The smallest absolute Gasteiger partial charge is 0.274 e. The lowest BCUT2D eigenvalue weighted by molar-refractivity contribution is -0.0373. The minimum atomic E-state index is -0.693. The van der Waals surface area contributed by atoms with Crippen LogP contribution in [0.15, 0.2) is 12.1 Å². The molecule has 7 heteroatoms. The summed E-state index contributed by atoms with van der Waals surface area (Å²) in [5.41, 5.74) is 3.16. The van der Waals surface area contributed by atoms with E-state index in [1.165, 1.54) is 6.07 Å². The van der Waals surface area contributed by atoms with Crippen molar-refractivity contribution in [3.05, 3.63) is 34.6 Å². The molecule has 3 rings (SSSR count). The Morgan fingerprint density at radius 1 is 1.40 bits per heavy atom. The fourth-order valence-electron chi connectivity index (χ4n) is 3.32. The van der Waals surface area contributed by atoms with Gasteiger partial charge in [-0.15, -0.1) is 0 Å². The summed E-state index contributed by atoms with van der Waals surface area (Å²) in [5.74, 6) is -1.07. The van der Waals surface area contributed by atoms with Gasteiger partial charge in [0.25, 0.3) is 5.91 Å². The third-order valence-corrected chi connectivity index (χ3v) is 4.53. The van der Waals surface area contributed by atoms with Gasteiger partial charge >= 0.3 is 0 Å². The van der Waals surface area contributed by atoms with E-state index >= 15 is 0 Å². The summed E-state index contributed by atoms with van der Waals surface area (Å²) in [6.45, 7) is 8.74. The topological polar surface area (TPSA) is 65.0 Å². The number of carbonyl (C=O) groups is 1. The van der Waals surface area contributed by atoms with Crippen molar-refractivity contribution in [3.8, 4) is 0 Å². The zero-order chi connectivity index (χ0) is 18.4. The molecular formula is C18H28FN3O3. The first kappa shape index (κ1) is 19.8. The summed E-state index contributed by atoms with van der Waals surface area (Å²) in [6, 6.07) is 2.84. The summed E-state index contributed by atoms with van der Waals surface area (Å²) < 4.78 is 19.9. The fourth-order valence-corrected chi connectivity index (χ4v) is 3.32. The van der Waals surface area contributed by atoms with Crippen LogP contribution in [0.3, 0.4) is 0 Å². The Hall–Kier alpha value is -1.54. The van der Waals surface area contributed by atoms with Gasteiger partial charge in [-0.2, -0.15) is 0 Å². The molecule has 6 nitrogen and oxygen atoms in total. The molecule has 1 unspecified atom stereocenters. The maximum atomic E-state index is 14.2. The lowest BCUT2D eigenvalue weighted by Gasteiger charge is -2.36. The highest BCUT2D eigenvalue weighted by Gasteiger charge is 2.25. The Balaban J connectivity index is 0.00000109. The maximum Gasteiger partial charge on any atom is 0.274 e. The van der Waals surface area contributed by atoms with Gasteiger partial charge in [0, 0.05) is 38.3 Å². The molecule has 1 saturated heterocycles. The van der Waals surface area contributed by atoms with Crippen LogP contribution in [0.25, 0.3) is 0 Å². The SMILES string of the molecule is CC.CN1CCOC(CN2CCc3c(F)cc(C(=O)NO)cc3C2)C1. The van der Waals surface area contributed by atoms with E-state index in [2.05, 4.69) is 16.8 Å². The molecule has 2 aliphatic rings. The zero-order valence-corrected chi connectivity index (χ0v) is 15.2. The molecule has 140 valence electrons. The maximum absolute atomic E-state index is 14.2. The lowest BCUT2D eigenvalue weighted by atomic mass is 9.96. The van der Waals surface area contributed by atoms with Crippen LogP contribution in [0, 0.1) is 5.82 Å². The number of fused-ring (bicyclic) bond motifs is 1. The first-order valence-electron chi connectivity index (χ1n) is 8.85. The van der Waals surface area contributed by atoms with Crippen LogP contribution in [0.2, 0.25) is 0 Å². The molecule has 1 amide bonds. The molecule has 0 radical (unpaired) electrons. The number of rotatable bonds is 3. The van der Waals surface area contributed by atoms with Crippen LogP contribution in [0.5, 0.6) is 0 Å². The molecular weight excluding hydrogens is 325 g/mol. The number of nitrogens with one attached hydrogen (secondary N) is 1. The molecule has 1 aromatic carbocycles. The van der Waals surface area contributed by atoms with Crippen molar-refractivity contribution in [1.82, 2.24) is 15.3 Å². The van der Waals surface area contributed by atoms with Gasteiger partial charge in [-0.3, -0.25) is 14.9 Å². The molecule has 2 N–H and O–H groups in total. The number of morpholine rings is 1. The Labute approximate surface area is 148 Å². The fraction of sp³-hybridized carbons (Fsp3) is 0.611. The van der Waals surface area contributed by atoms with Gasteiger partial charge in [-0.05, 0) is 36.7 Å². The number of ether oxygens (including phenoxy) is 1. The predicted octanol–water partition coefficient (Wildman–Crippen LogP) is 1.66. The largest absolute Gasteiger partial charge is 0.374 e. The zero-order valence-electron chi connectivity index (χ0n) is 15.2. The molecule has 0 spiro atoms. The first-order chi connectivity index (χ1) is 12.1. The molecule has 0 aliphatic carbocycles. The van der Waals surface area contributed by atoms with Crippen molar-refractivity contribution in [2.75, 3.05) is 39.8 Å². The summed E-state index contributed by atoms with van der Waals surface area (Å²) in [7, 11) is 2.08. The average Bonchev–Trinajstić information content (AvgIpc) is 2.62. The van der Waals surface area contributed by atoms with E-state index in [4.69, 9.17) is 9.94 Å². The quantitative estimate of drug-likeness (QED) is 0.639. The van der Waals surface area contributed by atoms with Gasteiger partial charge in [0.2, 0.25) is 0 Å². The second-order valence-corrected chi connectivity index (χ2v) is 6.28. The van der Waals surface area contributed by atoms with Crippen molar-refractivity contribution in [2.24, 2.45) is 0 Å². The number of halogens is 1. The van der Waals surface area contributed by atoms with Gasteiger partial charge in [0.15, 0.2) is 0 Å². The van der Waals surface area contributed by atoms with Crippen molar-refractivity contribution in [1.29, 1.82) is 0 Å². The van der Waals surface area contributed by atoms with E-state index in [1.54, 1.807) is 11.5 Å². The van der Waals surface area contributed by atoms with Crippen LogP contribution >= 0.6 is 0 Å². The highest BCUT2D eigenvalue weighted by atomic mass is 19.1. The first-order valence-corrected chi connectivity index (χ1v) is 8.85. The number of nitrogens with zero attached hydrogens (tertiary/aromatic N) is 2. The van der Waals surface area contributed by atoms with Gasteiger partial charge in [0.05, 0.1) is 12.7 Å². The molecule has 2 heterocycles. The van der Waals surface area contributed by atoms with E-state index in [0.29, 0.717) is 18.5 Å². The highest BCUT2D eigenvalue weighted by molar-refractivity contribution is 5.93. The molecule has 0 bridgehead atoms. The molecule has 1 atom stereocenters. The monoisotopic (exact) mass is 353 g/mol. The second-order valence-electron chi connectivity index (χ2n) is 6.28. The van der Waals surface area contributed by atoms with Crippen LogP contribution in [-0.2, 0) is 17.7 Å². The number of hydrogen-bond acceptors (Lipinski definition) is 5. The van der Waals surface area contributed by atoms with Crippen LogP contribution in [0.1, 0.15) is 35.3 Å². The van der Waals surface area contributed by atoms with Crippen LogP contribution in [-0.4, -0.2) is 66.9 Å².